The summed E-state index contributed by atoms with van der Waals surface area (Å²) < 4.78 is 0. The number of anilines is 2. The van der Waals surface area contributed by atoms with Gasteiger partial charge in [-0.25, -0.2) is 15.8 Å². The Kier molecular flexibility index (Phi) is 4.94. The van der Waals surface area contributed by atoms with Crippen LogP contribution in [-0.2, 0) is 6.42 Å². The quantitative estimate of drug-likeness (QED) is 0.416. The third-order valence-corrected chi connectivity index (χ3v) is 2.23. The normalized spacial score (nSPS) is 12.2. The smallest absolute Gasteiger partial charge is 0.145 e. The number of hydrogen-bond acceptors (Lipinski definition) is 6. The van der Waals surface area contributed by atoms with Crippen LogP contribution in [0.4, 0.5) is 11.6 Å². The molecule has 0 aromatic carbocycles. The van der Waals surface area contributed by atoms with Crippen LogP contribution in [0.3, 0.4) is 0 Å². The second-order valence-electron chi connectivity index (χ2n) is 3.50. The summed E-state index contributed by atoms with van der Waals surface area (Å²) in [5.74, 6) is 7.26. The molecule has 1 heterocycles. The average Bonchev–Trinajstić information content (AvgIpc) is 2.35. The number of aliphatic hydroxyl groups excluding tert-OH is 1. The van der Waals surface area contributed by atoms with E-state index < -0.39 is 0 Å². The molecule has 0 radical (unpaired) electrons. The molecule has 1 rings (SSSR count). The second kappa shape index (κ2) is 6.24. The molecule has 5 N–H and O–H groups in total. The van der Waals surface area contributed by atoms with Gasteiger partial charge in [0.05, 0.1) is 6.10 Å². The predicted molar refractivity (Wildman–Crippen MR) is 64.0 cm³/mol. The molecule has 0 amide bonds. The average molecular weight is 225 g/mol. The van der Waals surface area contributed by atoms with Gasteiger partial charge in [0, 0.05) is 19.0 Å². The van der Waals surface area contributed by atoms with E-state index in [-0.39, 0.29) is 6.10 Å². The summed E-state index contributed by atoms with van der Waals surface area (Å²) in [6, 6.07) is 1.71. The minimum Gasteiger partial charge on any atom is -0.391 e. The fourth-order valence-electron chi connectivity index (χ4n) is 1.19. The molecule has 1 aromatic rings. The third-order valence-electron chi connectivity index (χ3n) is 2.23. The molecule has 90 valence electrons. The largest absolute Gasteiger partial charge is 0.391 e. The first-order chi connectivity index (χ1) is 7.69. The molecule has 0 spiro atoms. The molecule has 0 bridgehead atoms. The van der Waals surface area contributed by atoms with Crippen LogP contribution < -0.4 is 16.6 Å². The van der Waals surface area contributed by atoms with E-state index in [4.69, 9.17) is 5.84 Å². The second-order valence-corrected chi connectivity index (χ2v) is 3.50. The first kappa shape index (κ1) is 12.7. The van der Waals surface area contributed by atoms with E-state index in [9.17, 15) is 5.11 Å². The van der Waals surface area contributed by atoms with Crippen molar-refractivity contribution >= 4 is 11.6 Å². The van der Waals surface area contributed by atoms with Gasteiger partial charge in [0.1, 0.15) is 17.5 Å². The molecule has 6 heteroatoms. The van der Waals surface area contributed by atoms with Crippen LogP contribution in [0, 0.1) is 0 Å². The molecule has 1 atom stereocenters. The summed E-state index contributed by atoms with van der Waals surface area (Å²) in [6.45, 7) is 4.37. The van der Waals surface area contributed by atoms with Gasteiger partial charge >= 0.3 is 0 Å². The highest BCUT2D eigenvalue weighted by Gasteiger charge is 2.04. The van der Waals surface area contributed by atoms with Crippen LogP contribution in [0.2, 0.25) is 0 Å². The molecule has 0 aliphatic heterocycles. The van der Waals surface area contributed by atoms with Crippen LogP contribution in [0.5, 0.6) is 0 Å². The van der Waals surface area contributed by atoms with E-state index >= 15 is 0 Å². The molecular formula is C10H19N5O. The fourth-order valence-corrected chi connectivity index (χ4v) is 1.19. The predicted octanol–water partition coefficient (Wildman–Crippen LogP) is 0.507. The van der Waals surface area contributed by atoms with Gasteiger partial charge in [-0.3, -0.25) is 0 Å². The molecule has 0 aliphatic rings. The Bertz CT molecular complexity index is 309. The van der Waals surface area contributed by atoms with Gasteiger partial charge in [0.15, 0.2) is 0 Å². The van der Waals surface area contributed by atoms with Crippen LogP contribution in [-0.4, -0.2) is 27.7 Å². The minimum absolute atomic E-state index is 0.366. The number of hydrazine groups is 1. The van der Waals surface area contributed by atoms with Crippen molar-refractivity contribution in [3.8, 4) is 0 Å². The van der Waals surface area contributed by atoms with Gasteiger partial charge in [0.2, 0.25) is 0 Å². The van der Waals surface area contributed by atoms with Gasteiger partial charge in [-0.2, -0.15) is 0 Å². The maximum Gasteiger partial charge on any atom is 0.145 e. The summed E-state index contributed by atoms with van der Waals surface area (Å²) in [4.78, 5) is 8.45. The lowest BCUT2D eigenvalue weighted by molar-refractivity contribution is 0.183. The van der Waals surface area contributed by atoms with Crippen LogP contribution in [0.1, 0.15) is 26.1 Å². The number of aromatic nitrogens is 2. The van der Waals surface area contributed by atoms with Crippen molar-refractivity contribution in [2.45, 2.75) is 32.8 Å². The molecular weight excluding hydrogens is 206 g/mol. The van der Waals surface area contributed by atoms with E-state index in [1.165, 1.54) is 0 Å². The van der Waals surface area contributed by atoms with E-state index in [1.807, 2.05) is 13.8 Å². The number of aliphatic hydroxyl groups is 1. The third kappa shape index (κ3) is 3.63. The highest BCUT2D eigenvalue weighted by atomic mass is 16.3. The van der Waals surface area contributed by atoms with E-state index in [0.29, 0.717) is 30.4 Å². The van der Waals surface area contributed by atoms with Crippen molar-refractivity contribution in [3.63, 3.8) is 0 Å². The number of nitrogens with one attached hydrogen (secondary N) is 2. The van der Waals surface area contributed by atoms with Gasteiger partial charge in [-0.15, -0.1) is 0 Å². The monoisotopic (exact) mass is 225 g/mol. The van der Waals surface area contributed by atoms with E-state index in [1.54, 1.807) is 6.07 Å². The number of aryl methyl sites for hydroxylation is 1. The molecule has 0 saturated heterocycles. The number of nitrogen functional groups attached to an aromatic ring is 1. The maximum atomic E-state index is 9.43. The standard InChI is InChI=1S/C10H19N5O/c1-3-7(16)6-12-9-5-10(15-11)14-8(4-2)13-9/h5,7,16H,3-4,6,11H2,1-2H3,(H2,12,13,14,15). The Balaban J connectivity index is 2.71. The Morgan fingerprint density at radius 3 is 2.62 bits per heavy atom. The first-order valence-electron chi connectivity index (χ1n) is 5.46. The number of nitrogens with zero attached hydrogens (tertiary/aromatic N) is 2. The summed E-state index contributed by atoms with van der Waals surface area (Å²) in [5, 5.41) is 12.5. The van der Waals surface area contributed by atoms with Crippen LogP contribution >= 0.6 is 0 Å². The van der Waals surface area contributed by atoms with Crippen LogP contribution in [0.25, 0.3) is 0 Å². The summed E-state index contributed by atoms with van der Waals surface area (Å²) in [7, 11) is 0. The van der Waals surface area contributed by atoms with Crippen LogP contribution in [0.15, 0.2) is 6.07 Å². The molecule has 0 aliphatic carbocycles. The lowest BCUT2D eigenvalue weighted by Gasteiger charge is -2.11. The zero-order valence-corrected chi connectivity index (χ0v) is 9.70. The molecule has 1 unspecified atom stereocenters. The number of nitrogens with two attached hydrogens (primary N) is 1. The van der Waals surface area contributed by atoms with Crippen molar-refractivity contribution < 1.29 is 5.11 Å². The molecule has 0 saturated carbocycles. The van der Waals surface area contributed by atoms with Crippen molar-refractivity contribution in [3.05, 3.63) is 11.9 Å². The fraction of sp³-hybridized carbons (Fsp3) is 0.600. The lowest BCUT2D eigenvalue weighted by atomic mass is 10.3. The Hall–Kier alpha value is -1.40. The molecule has 16 heavy (non-hydrogen) atoms. The Morgan fingerprint density at radius 2 is 2.06 bits per heavy atom. The minimum atomic E-state index is -0.366. The summed E-state index contributed by atoms with van der Waals surface area (Å²) in [5.41, 5.74) is 2.49. The number of rotatable bonds is 6. The number of hydrogen-bond donors (Lipinski definition) is 4. The topological polar surface area (TPSA) is 96.1 Å². The molecule has 1 aromatic heterocycles. The molecule has 6 nitrogen and oxygen atoms in total. The zero-order valence-electron chi connectivity index (χ0n) is 9.70. The van der Waals surface area contributed by atoms with Gasteiger partial charge < -0.3 is 15.8 Å². The lowest BCUT2D eigenvalue weighted by Crippen LogP contribution is -2.19. The summed E-state index contributed by atoms with van der Waals surface area (Å²) in [6.07, 6.45) is 1.08. The van der Waals surface area contributed by atoms with Crippen molar-refractivity contribution in [2.75, 3.05) is 17.3 Å². The Labute approximate surface area is 95.3 Å². The van der Waals surface area contributed by atoms with Crippen molar-refractivity contribution in [2.24, 2.45) is 5.84 Å². The molecule has 0 fully saturated rings. The maximum absolute atomic E-state index is 9.43. The zero-order chi connectivity index (χ0) is 12.0. The highest BCUT2D eigenvalue weighted by Crippen LogP contribution is 2.10. The van der Waals surface area contributed by atoms with Crippen molar-refractivity contribution in [1.29, 1.82) is 0 Å². The van der Waals surface area contributed by atoms with E-state index in [2.05, 4.69) is 20.7 Å². The Morgan fingerprint density at radius 1 is 1.38 bits per heavy atom. The van der Waals surface area contributed by atoms with Gasteiger partial charge in [0.25, 0.3) is 0 Å². The highest BCUT2D eigenvalue weighted by molar-refractivity contribution is 5.46. The SMILES string of the molecule is CCc1nc(NN)cc(NCC(O)CC)n1. The van der Waals surface area contributed by atoms with Gasteiger partial charge in [-0.1, -0.05) is 13.8 Å². The summed E-state index contributed by atoms with van der Waals surface area (Å²) >= 11 is 0. The van der Waals surface area contributed by atoms with Gasteiger partial charge in [-0.05, 0) is 6.42 Å². The van der Waals surface area contributed by atoms with Crippen molar-refractivity contribution in [1.82, 2.24) is 9.97 Å². The first-order valence-corrected chi connectivity index (χ1v) is 5.46. The van der Waals surface area contributed by atoms with E-state index in [0.717, 1.165) is 6.42 Å².